The molecule has 0 spiro atoms. The number of amides is 1. The largest absolute Gasteiger partial charge is 0.489 e. The summed E-state index contributed by atoms with van der Waals surface area (Å²) < 4.78 is 43.6. The summed E-state index contributed by atoms with van der Waals surface area (Å²) in [5.41, 5.74) is 2.87. The standard InChI is InChI=1S/C25H19F3N2O2S/c1-16-3-2-4-20(13-16)29-23(31)22-15-33-24(30-22)18-7-11-21(12-8-18)32-14-17-5-9-19(10-6-17)25(26,27)28/h2-13,15H,14H2,1H3,(H,29,31). The summed E-state index contributed by atoms with van der Waals surface area (Å²) in [5, 5.41) is 5.24. The summed E-state index contributed by atoms with van der Waals surface area (Å²) in [4.78, 5) is 16.9. The molecule has 1 heterocycles. The Morgan fingerprint density at radius 2 is 1.76 bits per heavy atom. The first kappa shape index (κ1) is 22.5. The van der Waals surface area contributed by atoms with Crippen LogP contribution in [0.3, 0.4) is 0 Å². The number of nitrogens with one attached hydrogen (secondary N) is 1. The van der Waals surface area contributed by atoms with Gasteiger partial charge in [0.15, 0.2) is 0 Å². The minimum Gasteiger partial charge on any atom is -0.489 e. The Morgan fingerprint density at radius 1 is 1.03 bits per heavy atom. The van der Waals surface area contributed by atoms with Crippen LogP contribution < -0.4 is 10.1 Å². The van der Waals surface area contributed by atoms with Gasteiger partial charge in [0.1, 0.15) is 23.1 Å². The summed E-state index contributed by atoms with van der Waals surface area (Å²) in [6.45, 7) is 2.10. The summed E-state index contributed by atoms with van der Waals surface area (Å²) in [5.74, 6) is 0.298. The van der Waals surface area contributed by atoms with Crippen LogP contribution in [0.25, 0.3) is 10.6 Å². The third-order valence-electron chi connectivity index (χ3n) is 4.80. The Hall–Kier alpha value is -3.65. The Labute approximate surface area is 192 Å². The Kier molecular flexibility index (Phi) is 6.46. The van der Waals surface area contributed by atoms with Crippen LogP contribution in [0.1, 0.15) is 27.2 Å². The summed E-state index contributed by atoms with van der Waals surface area (Å²) in [6.07, 6.45) is -4.35. The summed E-state index contributed by atoms with van der Waals surface area (Å²) in [7, 11) is 0. The molecule has 0 radical (unpaired) electrons. The highest BCUT2D eigenvalue weighted by atomic mass is 32.1. The van der Waals surface area contributed by atoms with Gasteiger partial charge in [-0.05, 0) is 66.6 Å². The van der Waals surface area contributed by atoms with Crippen LogP contribution in [0.2, 0.25) is 0 Å². The van der Waals surface area contributed by atoms with Gasteiger partial charge >= 0.3 is 6.18 Å². The van der Waals surface area contributed by atoms with Crippen molar-refractivity contribution in [2.24, 2.45) is 0 Å². The van der Waals surface area contributed by atoms with Crippen molar-refractivity contribution >= 4 is 22.9 Å². The number of aryl methyl sites for hydroxylation is 1. The number of alkyl halides is 3. The van der Waals surface area contributed by atoms with Crippen LogP contribution in [0.4, 0.5) is 18.9 Å². The molecule has 4 aromatic rings. The van der Waals surface area contributed by atoms with E-state index in [-0.39, 0.29) is 12.5 Å². The van der Waals surface area contributed by atoms with Crippen molar-refractivity contribution in [1.29, 1.82) is 0 Å². The molecule has 0 aliphatic rings. The van der Waals surface area contributed by atoms with Gasteiger partial charge in [0, 0.05) is 16.6 Å². The fourth-order valence-corrected chi connectivity index (χ4v) is 3.89. The molecule has 33 heavy (non-hydrogen) atoms. The van der Waals surface area contributed by atoms with Gasteiger partial charge in [-0.3, -0.25) is 4.79 Å². The highest BCUT2D eigenvalue weighted by Gasteiger charge is 2.29. The van der Waals surface area contributed by atoms with Crippen molar-refractivity contribution in [3.05, 3.63) is 101 Å². The first-order chi connectivity index (χ1) is 15.8. The molecule has 1 amide bonds. The zero-order valence-electron chi connectivity index (χ0n) is 17.5. The van der Waals surface area contributed by atoms with Crippen molar-refractivity contribution < 1.29 is 22.7 Å². The normalized spacial score (nSPS) is 11.3. The van der Waals surface area contributed by atoms with Gasteiger partial charge in [-0.25, -0.2) is 4.98 Å². The molecule has 0 saturated carbocycles. The number of thiazole rings is 1. The van der Waals surface area contributed by atoms with E-state index in [2.05, 4.69) is 10.3 Å². The maximum absolute atomic E-state index is 12.6. The minimum atomic E-state index is -4.35. The lowest BCUT2D eigenvalue weighted by atomic mass is 10.1. The van der Waals surface area contributed by atoms with Crippen LogP contribution in [0.5, 0.6) is 5.75 Å². The third-order valence-corrected chi connectivity index (χ3v) is 5.69. The Bertz CT molecular complexity index is 1250. The predicted molar refractivity (Wildman–Crippen MR) is 122 cm³/mol. The van der Waals surface area contributed by atoms with Gasteiger partial charge in [0.2, 0.25) is 0 Å². The third kappa shape index (κ3) is 5.78. The molecule has 168 valence electrons. The lowest BCUT2D eigenvalue weighted by molar-refractivity contribution is -0.137. The lowest BCUT2D eigenvalue weighted by Crippen LogP contribution is -2.12. The molecule has 0 aliphatic heterocycles. The first-order valence-corrected chi connectivity index (χ1v) is 10.9. The van der Waals surface area contributed by atoms with E-state index < -0.39 is 11.7 Å². The van der Waals surface area contributed by atoms with Crippen molar-refractivity contribution in [2.75, 3.05) is 5.32 Å². The van der Waals surface area contributed by atoms with Crippen LogP contribution in [0, 0.1) is 6.92 Å². The number of ether oxygens (including phenoxy) is 1. The summed E-state index contributed by atoms with van der Waals surface area (Å²) >= 11 is 1.36. The SMILES string of the molecule is Cc1cccc(NC(=O)c2csc(-c3ccc(OCc4ccc(C(F)(F)F)cc4)cc3)n2)c1. The highest BCUT2D eigenvalue weighted by molar-refractivity contribution is 7.13. The molecule has 4 rings (SSSR count). The molecule has 1 N–H and O–H groups in total. The fraction of sp³-hybridized carbons (Fsp3) is 0.120. The molecule has 0 aliphatic carbocycles. The molecular formula is C25H19F3N2O2S. The molecule has 8 heteroatoms. The van der Waals surface area contributed by atoms with E-state index in [9.17, 15) is 18.0 Å². The second-order valence-corrected chi connectivity index (χ2v) is 8.23. The highest BCUT2D eigenvalue weighted by Crippen LogP contribution is 2.30. The number of nitrogens with zero attached hydrogens (tertiary/aromatic N) is 1. The minimum absolute atomic E-state index is 0.151. The molecule has 0 atom stereocenters. The zero-order valence-corrected chi connectivity index (χ0v) is 18.3. The quantitative estimate of drug-likeness (QED) is 0.333. The molecule has 0 fully saturated rings. The Balaban J connectivity index is 1.36. The van der Waals surface area contributed by atoms with Gasteiger partial charge in [0.25, 0.3) is 5.91 Å². The molecule has 1 aromatic heterocycles. The zero-order chi connectivity index (χ0) is 23.4. The number of carbonyl (C=O) groups is 1. The second kappa shape index (κ2) is 9.46. The number of benzene rings is 3. The number of aromatic nitrogens is 1. The van der Waals surface area contributed by atoms with E-state index in [4.69, 9.17) is 4.74 Å². The molecule has 0 unspecified atom stereocenters. The van der Waals surface area contributed by atoms with Gasteiger partial charge < -0.3 is 10.1 Å². The number of halogens is 3. The number of rotatable bonds is 6. The molecule has 0 bridgehead atoms. The van der Waals surface area contributed by atoms with Gasteiger partial charge in [-0.15, -0.1) is 11.3 Å². The van der Waals surface area contributed by atoms with E-state index in [1.54, 1.807) is 17.5 Å². The van der Waals surface area contributed by atoms with Crippen LogP contribution >= 0.6 is 11.3 Å². The number of hydrogen-bond donors (Lipinski definition) is 1. The molecular weight excluding hydrogens is 449 g/mol. The lowest BCUT2D eigenvalue weighted by Gasteiger charge is -2.09. The van der Waals surface area contributed by atoms with Crippen LogP contribution in [-0.2, 0) is 12.8 Å². The van der Waals surface area contributed by atoms with Crippen molar-refractivity contribution in [3.8, 4) is 16.3 Å². The van der Waals surface area contributed by atoms with E-state index in [1.165, 1.54) is 23.5 Å². The van der Waals surface area contributed by atoms with Gasteiger partial charge in [0.05, 0.1) is 5.56 Å². The van der Waals surface area contributed by atoms with E-state index in [0.717, 1.165) is 23.3 Å². The number of hydrogen-bond acceptors (Lipinski definition) is 4. The van der Waals surface area contributed by atoms with Crippen LogP contribution in [0.15, 0.2) is 78.2 Å². The second-order valence-electron chi connectivity index (χ2n) is 7.37. The van der Waals surface area contributed by atoms with Crippen molar-refractivity contribution in [3.63, 3.8) is 0 Å². The fourth-order valence-electron chi connectivity index (χ4n) is 3.08. The molecule has 3 aromatic carbocycles. The van der Waals surface area contributed by atoms with Gasteiger partial charge in [-0.1, -0.05) is 24.3 Å². The number of carbonyl (C=O) groups excluding carboxylic acids is 1. The monoisotopic (exact) mass is 468 g/mol. The maximum atomic E-state index is 12.6. The van der Waals surface area contributed by atoms with E-state index in [1.807, 2.05) is 43.3 Å². The van der Waals surface area contributed by atoms with E-state index in [0.29, 0.717) is 27.7 Å². The Morgan fingerprint density at radius 3 is 2.42 bits per heavy atom. The molecule has 4 nitrogen and oxygen atoms in total. The maximum Gasteiger partial charge on any atom is 0.416 e. The first-order valence-electron chi connectivity index (χ1n) is 10.0. The van der Waals surface area contributed by atoms with Crippen LogP contribution in [-0.4, -0.2) is 10.9 Å². The molecule has 0 saturated heterocycles. The van der Waals surface area contributed by atoms with E-state index >= 15 is 0 Å². The predicted octanol–water partition coefficient (Wildman–Crippen LogP) is 6.97. The smallest absolute Gasteiger partial charge is 0.416 e. The van der Waals surface area contributed by atoms with Crippen molar-refractivity contribution in [2.45, 2.75) is 19.7 Å². The average Bonchev–Trinajstić information content (AvgIpc) is 3.28. The average molecular weight is 469 g/mol. The van der Waals surface area contributed by atoms with Gasteiger partial charge in [-0.2, -0.15) is 13.2 Å². The summed E-state index contributed by atoms with van der Waals surface area (Å²) in [6, 6.07) is 19.6. The topological polar surface area (TPSA) is 51.2 Å². The van der Waals surface area contributed by atoms with Crippen molar-refractivity contribution in [1.82, 2.24) is 4.98 Å². The number of anilines is 1.